The maximum Gasteiger partial charge on any atom is 0.266 e. The van der Waals surface area contributed by atoms with Gasteiger partial charge in [-0.15, -0.1) is 0 Å². The van der Waals surface area contributed by atoms with E-state index >= 15 is 0 Å². The van der Waals surface area contributed by atoms with Gasteiger partial charge in [-0.25, -0.2) is 4.39 Å². The van der Waals surface area contributed by atoms with E-state index in [-0.39, 0.29) is 17.4 Å². The summed E-state index contributed by atoms with van der Waals surface area (Å²) < 4.78 is 25.2. The molecule has 0 radical (unpaired) electrons. The fraction of sp³-hybridized carbons (Fsp3) is 0.238. The Balaban J connectivity index is 1.93. The summed E-state index contributed by atoms with van der Waals surface area (Å²) >= 11 is 0. The number of ether oxygens (including phenoxy) is 2. The summed E-state index contributed by atoms with van der Waals surface area (Å²) in [4.78, 5) is 12.4. The van der Waals surface area contributed by atoms with E-state index in [2.05, 4.69) is 5.32 Å². The van der Waals surface area contributed by atoms with Gasteiger partial charge in [0.25, 0.3) is 5.91 Å². The number of fused-ring (bicyclic) bond motifs is 1. The van der Waals surface area contributed by atoms with Gasteiger partial charge < -0.3 is 14.8 Å². The number of rotatable bonds is 5. The first-order valence-electron chi connectivity index (χ1n) is 8.65. The lowest BCUT2D eigenvalue weighted by molar-refractivity contribution is -0.112. The lowest BCUT2D eigenvalue weighted by Gasteiger charge is -2.11. The second-order valence-electron chi connectivity index (χ2n) is 6.17. The SMILES string of the molecule is CCOc1cc2c(cc1C=C(C#N)C(=O)Nc1ccccc1F)OC(C)C2. The molecule has 2 aromatic carbocycles. The van der Waals surface area contributed by atoms with Gasteiger partial charge >= 0.3 is 0 Å². The van der Waals surface area contributed by atoms with Crippen LogP contribution in [0.25, 0.3) is 6.08 Å². The Morgan fingerprint density at radius 3 is 2.93 bits per heavy atom. The van der Waals surface area contributed by atoms with Crippen molar-refractivity contribution in [2.75, 3.05) is 11.9 Å². The Bertz CT molecular complexity index is 947. The summed E-state index contributed by atoms with van der Waals surface area (Å²) in [6.45, 7) is 4.27. The molecule has 1 N–H and O–H groups in total. The third kappa shape index (κ3) is 4.09. The molecule has 6 heteroatoms. The highest BCUT2D eigenvalue weighted by molar-refractivity contribution is 6.09. The van der Waals surface area contributed by atoms with E-state index in [4.69, 9.17) is 9.47 Å². The van der Waals surface area contributed by atoms with Crippen LogP contribution in [0.4, 0.5) is 10.1 Å². The van der Waals surface area contributed by atoms with Crippen molar-refractivity contribution in [1.29, 1.82) is 5.26 Å². The molecular formula is C21H19FN2O3. The highest BCUT2D eigenvalue weighted by Gasteiger charge is 2.22. The summed E-state index contributed by atoms with van der Waals surface area (Å²) in [5.74, 6) is 0.0160. The van der Waals surface area contributed by atoms with Gasteiger partial charge in [0.15, 0.2) is 0 Å². The van der Waals surface area contributed by atoms with E-state index in [1.54, 1.807) is 12.1 Å². The predicted molar refractivity (Wildman–Crippen MR) is 100 cm³/mol. The fourth-order valence-electron chi connectivity index (χ4n) is 2.90. The molecule has 0 aliphatic carbocycles. The minimum absolute atomic E-state index is 0.0137. The van der Waals surface area contributed by atoms with Gasteiger partial charge in [0, 0.05) is 17.5 Å². The molecule has 0 saturated heterocycles. The molecule has 1 atom stereocenters. The molecular weight excluding hydrogens is 347 g/mol. The molecule has 0 aromatic heterocycles. The van der Waals surface area contributed by atoms with Crippen molar-refractivity contribution >= 4 is 17.7 Å². The van der Waals surface area contributed by atoms with E-state index in [1.807, 2.05) is 26.0 Å². The Labute approximate surface area is 157 Å². The van der Waals surface area contributed by atoms with Crippen LogP contribution in [0.5, 0.6) is 11.5 Å². The van der Waals surface area contributed by atoms with Crippen LogP contribution in [0, 0.1) is 17.1 Å². The van der Waals surface area contributed by atoms with Crippen molar-refractivity contribution in [2.45, 2.75) is 26.4 Å². The highest BCUT2D eigenvalue weighted by atomic mass is 19.1. The van der Waals surface area contributed by atoms with Gasteiger partial charge in [0.2, 0.25) is 0 Å². The highest BCUT2D eigenvalue weighted by Crippen LogP contribution is 2.36. The van der Waals surface area contributed by atoms with Crippen molar-refractivity contribution in [3.05, 3.63) is 58.9 Å². The summed E-state index contributed by atoms with van der Waals surface area (Å²) in [6, 6.07) is 11.3. The van der Waals surface area contributed by atoms with E-state index in [1.165, 1.54) is 24.3 Å². The van der Waals surface area contributed by atoms with Gasteiger partial charge in [-0.3, -0.25) is 4.79 Å². The molecule has 1 unspecified atom stereocenters. The molecule has 5 nitrogen and oxygen atoms in total. The number of carbonyl (C=O) groups is 1. The molecule has 0 fully saturated rings. The minimum Gasteiger partial charge on any atom is -0.493 e. The number of nitriles is 1. The zero-order chi connectivity index (χ0) is 19.4. The van der Waals surface area contributed by atoms with Crippen LogP contribution in [-0.2, 0) is 11.2 Å². The van der Waals surface area contributed by atoms with E-state index in [0.29, 0.717) is 23.7 Å². The fourth-order valence-corrected chi connectivity index (χ4v) is 2.90. The van der Waals surface area contributed by atoms with E-state index in [9.17, 15) is 14.4 Å². The average molecular weight is 366 g/mol. The Hall–Kier alpha value is -3.33. The number of para-hydroxylation sites is 1. The molecule has 1 amide bonds. The number of nitrogens with one attached hydrogen (secondary N) is 1. The van der Waals surface area contributed by atoms with Crippen molar-refractivity contribution in [1.82, 2.24) is 0 Å². The van der Waals surface area contributed by atoms with Gasteiger partial charge in [-0.1, -0.05) is 12.1 Å². The molecule has 3 rings (SSSR count). The van der Waals surface area contributed by atoms with Crippen LogP contribution in [0.2, 0.25) is 0 Å². The molecule has 138 valence electrons. The molecule has 1 aliphatic heterocycles. The minimum atomic E-state index is -0.695. The Morgan fingerprint density at radius 1 is 1.44 bits per heavy atom. The topological polar surface area (TPSA) is 71.3 Å². The van der Waals surface area contributed by atoms with Gasteiger partial charge in [0.1, 0.15) is 35.1 Å². The number of carbonyl (C=O) groups excluding carboxylic acids is 1. The van der Waals surface area contributed by atoms with Crippen molar-refractivity contribution < 1.29 is 18.7 Å². The van der Waals surface area contributed by atoms with Crippen LogP contribution in [0.3, 0.4) is 0 Å². The Morgan fingerprint density at radius 2 is 2.22 bits per heavy atom. The van der Waals surface area contributed by atoms with Crippen LogP contribution in [0.15, 0.2) is 42.0 Å². The number of amides is 1. The number of anilines is 1. The number of hydrogen-bond acceptors (Lipinski definition) is 4. The zero-order valence-electron chi connectivity index (χ0n) is 15.1. The van der Waals surface area contributed by atoms with Crippen LogP contribution in [0.1, 0.15) is 25.0 Å². The standard InChI is InChI=1S/C21H19FN2O3/c1-3-26-19-10-14-8-13(2)27-20(14)11-15(19)9-16(12-23)21(25)24-18-7-5-4-6-17(18)22/h4-7,9-11,13H,3,8H2,1-2H3,(H,24,25). The van der Waals surface area contributed by atoms with Gasteiger partial charge in [-0.05, 0) is 44.2 Å². The average Bonchev–Trinajstić information content (AvgIpc) is 3.00. The molecule has 1 aliphatic rings. The van der Waals surface area contributed by atoms with Crippen LogP contribution < -0.4 is 14.8 Å². The van der Waals surface area contributed by atoms with Gasteiger partial charge in [0.05, 0.1) is 12.3 Å². The summed E-state index contributed by atoms with van der Waals surface area (Å²) in [5.41, 5.74) is 1.44. The molecule has 0 bridgehead atoms. The lowest BCUT2D eigenvalue weighted by atomic mass is 10.0. The predicted octanol–water partition coefficient (Wildman–Crippen LogP) is 4.09. The van der Waals surface area contributed by atoms with Crippen molar-refractivity contribution in [3.8, 4) is 17.6 Å². The number of nitrogens with zero attached hydrogens (tertiary/aromatic N) is 1. The summed E-state index contributed by atoms with van der Waals surface area (Å²) in [6.07, 6.45) is 2.26. The Kier molecular flexibility index (Phi) is 5.41. The zero-order valence-corrected chi connectivity index (χ0v) is 15.1. The third-order valence-electron chi connectivity index (χ3n) is 4.12. The molecule has 0 saturated carbocycles. The second-order valence-corrected chi connectivity index (χ2v) is 6.17. The first-order chi connectivity index (χ1) is 13.0. The quantitative estimate of drug-likeness (QED) is 0.639. The molecule has 0 spiro atoms. The van der Waals surface area contributed by atoms with Crippen molar-refractivity contribution in [3.63, 3.8) is 0 Å². The van der Waals surface area contributed by atoms with E-state index in [0.717, 1.165) is 12.0 Å². The second kappa shape index (κ2) is 7.92. The first-order valence-corrected chi connectivity index (χ1v) is 8.65. The maximum absolute atomic E-state index is 13.7. The molecule has 27 heavy (non-hydrogen) atoms. The monoisotopic (exact) mass is 366 g/mol. The van der Waals surface area contributed by atoms with Crippen LogP contribution >= 0.6 is 0 Å². The summed E-state index contributed by atoms with van der Waals surface area (Å²) in [5, 5.41) is 11.8. The lowest BCUT2D eigenvalue weighted by Crippen LogP contribution is -2.14. The van der Waals surface area contributed by atoms with Gasteiger partial charge in [-0.2, -0.15) is 5.26 Å². The molecule has 1 heterocycles. The smallest absolute Gasteiger partial charge is 0.266 e. The molecule has 2 aromatic rings. The normalized spacial score (nSPS) is 15.5. The number of hydrogen-bond donors (Lipinski definition) is 1. The third-order valence-corrected chi connectivity index (χ3v) is 4.12. The largest absolute Gasteiger partial charge is 0.493 e. The first kappa shape index (κ1) is 18.5. The number of benzene rings is 2. The maximum atomic E-state index is 13.7. The summed E-state index contributed by atoms with van der Waals surface area (Å²) in [7, 11) is 0. The van der Waals surface area contributed by atoms with Crippen molar-refractivity contribution in [2.24, 2.45) is 0 Å². The van der Waals surface area contributed by atoms with Crippen LogP contribution in [-0.4, -0.2) is 18.6 Å². The van der Waals surface area contributed by atoms with E-state index < -0.39 is 11.7 Å². The number of halogens is 1.